The first-order valence-corrected chi connectivity index (χ1v) is 8.12. The fourth-order valence-corrected chi connectivity index (χ4v) is 2.53. The third-order valence-corrected chi connectivity index (χ3v) is 3.88. The van der Waals surface area contributed by atoms with Crippen molar-refractivity contribution in [1.82, 2.24) is 10.6 Å². The molecule has 0 aliphatic carbocycles. The van der Waals surface area contributed by atoms with Crippen LogP contribution in [0.4, 0.5) is 16.2 Å². The van der Waals surface area contributed by atoms with Gasteiger partial charge in [-0.15, -0.1) is 0 Å². The van der Waals surface area contributed by atoms with Crippen molar-refractivity contribution in [2.24, 2.45) is 0 Å². The van der Waals surface area contributed by atoms with E-state index >= 15 is 0 Å². The lowest BCUT2D eigenvalue weighted by Gasteiger charge is -2.16. The van der Waals surface area contributed by atoms with E-state index in [0.717, 1.165) is 11.3 Å². The largest absolute Gasteiger partial charge is 0.383 e. The number of nitrogens with zero attached hydrogens (tertiary/aromatic N) is 1. The van der Waals surface area contributed by atoms with Gasteiger partial charge < -0.3 is 16.0 Å². The fraction of sp³-hybridized carbons (Fsp3) is 0.235. The van der Waals surface area contributed by atoms with Crippen molar-refractivity contribution in [1.29, 1.82) is 0 Å². The van der Waals surface area contributed by atoms with Crippen LogP contribution < -0.4 is 16.0 Å². The van der Waals surface area contributed by atoms with E-state index in [9.17, 15) is 14.9 Å². The highest BCUT2D eigenvalue weighted by Crippen LogP contribution is 2.21. The lowest BCUT2D eigenvalue weighted by molar-refractivity contribution is -0.384. The predicted molar refractivity (Wildman–Crippen MR) is 98.0 cm³/mol. The lowest BCUT2D eigenvalue weighted by Crippen LogP contribution is -2.39. The van der Waals surface area contributed by atoms with E-state index in [1.165, 1.54) is 12.1 Å². The molecule has 25 heavy (non-hydrogen) atoms. The average Bonchev–Trinajstić information content (AvgIpc) is 2.59. The molecule has 0 bridgehead atoms. The van der Waals surface area contributed by atoms with Gasteiger partial charge >= 0.3 is 6.03 Å². The molecule has 0 aliphatic rings. The second-order valence-electron chi connectivity index (χ2n) is 5.37. The van der Waals surface area contributed by atoms with Crippen molar-refractivity contribution < 1.29 is 9.72 Å². The Balaban J connectivity index is 1.71. The third-order valence-electron chi connectivity index (χ3n) is 3.54. The van der Waals surface area contributed by atoms with E-state index in [1.54, 1.807) is 18.2 Å². The minimum atomic E-state index is -0.449. The van der Waals surface area contributed by atoms with E-state index in [1.807, 2.05) is 25.1 Å². The van der Waals surface area contributed by atoms with Gasteiger partial charge in [0.2, 0.25) is 0 Å². The molecule has 0 heterocycles. The number of carbonyl (C=O) groups is 1. The number of halogens is 1. The number of nitro groups is 1. The van der Waals surface area contributed by atoms with Gasteiger partial charge in [-0.1, -0.05) is 29.8 Å². The molecule has 0 aromatic heterocycles. The SMILES string of the molecule is C[C@@H](NC(=O)NCCNc1ccc([N+](=O)[O-])cc1)c1ccccc1Cl. The lowest BCUT2D eigenvalue weighted by atomic mass is 10.1. The summed E-state index contributed by atoms with van der Waals surface area (Å²) >= 11 is 6.10. The first-order valence-electron chi connectivity index (χ1n) is 7.74. The molecule has 7 nitrogen and oxygen atoms in total. The summed E-state index contributed by atoms with van der Waals surface area (Å²) < 4.78 is 0. The summed E-state index contributed by atoms with van der Waals surface area (Å²) in [6.45, 7) is 2.75. The Kier molecular flexibility index (Phi) is 6.59. The molecule has 1 atom stereocenters. The third kappa shape index (κ3) is 5.65. The fourth-order valence-electron chi connectivity index (χ4n) is 2.24. The number of benzene rings is 2. The number of urea groups is 1. The second-order valence-corrected chi connectivity index (χ2v) is 5.78. The molecule has 0 unspecified atom stereocenters. The number of non-ortho nitro benzene ring substituents is 1. The molecule has 2 rings (SSSR count). The number of amides is 2. The minimum Gasteiger partial charge on any atom is -0.383 e. The number of carbonyl (C=O) groups excluding carboxylic acids is 1. The van der Waals surface area contributed by atoms with Gasteiger partial charge in [-0.2, -0.15) is 0 Å². The van der Waals surface area contributed by atoms with Crippen LogP contribution in [-0.4, -0.2) is 24.0 Å². The van der Waals surface area contributed by atoms with Gasteiger partial charge in [-0.3, -0.25) is 10.1 Å². The highest BCUT2D eigenvalue weighted by molar-refractivity contribution is 6.31. The topological polar surface area (TPSA) is 96.3 Å². The smallest absolute Gasteiger partial charge is 0.315 e. The van der Waals surface area contributed by atoms with E-state index in [-0.39, 0.29) is 17.8 Å². The van der Waals surface area contributed by atoms with Crippen LogP contribution in [0, 0.1) is 10.1 Å². The van der Waals surface area contributed by atoms with Crippen LogP contribution in [0.1, 0.15) is 18.5 Å². The molecule has 132 valence electrons. The highest BCUT2D eigenvalue weighted by atomic mass is 35.5. The zero-order valence-corrected chi connectivity index (χ0v) is 14.4. The summed E-state index contributed by atoms with van der Waals surface area (Å²) in [6, 6.07) is 12.9. The number of hydrogen-bond acceptors (Lipinski definition) is 4. The molecule has 0 spiro atoms. The zero-order valence-electron chi connectivity index (χ0n) is 13.7. The van der Waals surface area contributed by atoms with Gasteiger partial charge in [0.05, 0.1) is 11.0 Å². The summed E-state index contributed by atoms with van der Waals surface area (Å²) in [6.07, 6.45) is 0. The number of nitrogens with one attached hydrogen (secondary N) is 3. The number of hydrogen-bond donors (Lipinski definition) is 3. The van der Waals surface area contributed by atoms with Crippen LogP contribution in [0.25, 0.3) is 0 Å². The van der Waals surface area contributed by atoms with Gasteiger partial charge in [-0.25, -0.2) is 4.79 Å². The van der Waals surface area contributed by atoms with Crippen LogP contribution in [0.2, 0.25) is 5.02 Å². The molecule has 0 saturated heterocycles. The average molecular weight is 363 g/mol. The van der Waals surface area contributed by atoms with Gasteiger partial charge in [0.15, 0.2) is 0 Å². The first kappa shape index (κ1) is 18.5. The number of rotatable bonds is 7. The minimum absolute atomic E-state index is 0.0385. The maximum Gasteiger partial charge on any atom is 0.315 e. The van der Waals surface area contributed by atoms with Crippen molar-refractivity contribution in [3.63, 3.8) is 0 Å². The summed E-state index contributed by atoms with van der Waals surface area (Å²) in [5, 5.41) is 19.8. The molecule has 0 radical (unpaired) electrons. The maximum atomic E-state index is 11.9. The molecule has 0 aliphatic heterocycles. The Hall–Kier alpha value is -2.80. The molecular formula is C17H19ClN4O3. The first-order chi connectivity index (χ1) is 12.0. The molecule has 0 fully saturated rings. The van der Waals surface area contributed by atoms with Crippen LogP contribution in [0.3, 0.4) is 0 Å². The van der Waals surface area contributed by atoms with Gasteiger partial charge in [0.25, 0.3) is 5.69 Å². The van der Waals surface area contributed by atoms with Crippen molar-refractivity contribution in [3.8, 4) is 0 Å². The molecular weight excluding hydrogens is 344 g/mol. The zero-order chi connectivity index (χ0) is 18.2. The standard InChI is InChI=1S/C17H19ClN4O3/c1-12(15-4-2-3-5-16(15)18)21-17(23)20-11-10-19-13-6-8-14(9-7-13)22(24)25/h2-9,12,19H,10-11H2,1H3,(H2,20,21,23)/t12-/m1/s1. The van der Waals surface area contributed by atoms with Gasteiger partial charge in [0.1, 0.15) is 0 Å². The maximum absolute atomic E-state index is 11.9. The van der Waals surface area contributed by atoms with E-state index in [2.05, 4.69) is 16.0 Å². The van der Waals surface area contributed by atoms with Gasteiger partial charge in [0, 0.05) is 35.9 Å². The summed E-state index contributed by atoms with van der Waals surface area (Å²) in [5.74, 6) is 0. The number of anilines is 1. The van der Waals surface area contributed by atoms with E-state index in [0.29, 0.717) is 18.1 Å². The Morgan fingerprint density at radius 1 is 1.16 bits per heavy atom. The van der Waals surface area contributed by atoms with Crippen molar-refractivity contribution >= 4 is 29.0 Å². The molecule has 3 N–H and O–H groups in total. The van der Waals surface area contributed by atoms with Crippen molar-refractivity contribution in [2.75, 3.05) is 18.4 Å². The van der Waals surface area contributed by atoms with Crippen LogP contribution in [0.15, 0.2) is 48.5 Å². The Labute approximate surface area is 150 Å². The normalized spacial score (nSPS) is 11.4. The summed E-state index contributed by atoms with van der Waals surface area (Å²) in [4.78, 5) is 22.0. The van der Waals surface area contributed by atoms with Crippen LogP contribution in [0.5, 0.6) is 0 Å². The summed E-state index contributed by atoms with van der Waals surface area (Å²) in [7, 11) is 0. The highest BCUT2D eigenvalue weighted by Gasteiger charge is 2.11. The Morgan fingerprint density at radius 3 is 2.48 bits per heavy atom. The van der Waals surface area contributed by atoms with Gasteiger partial charge in [-0.05, 0) is 30.7 Å². The predicted octanol–water partition coefficient (Wildman–Crippen LogP) is 3.72. The van der Waals surface area contributed by atoms with E-state index in [4.69, 9.17) is 11.6 Å². The summed E-state index contributed by atoms with van der Waals surface area (Å²) in [5.41, 5.74) is 1.64. The quantitative estimate of drug-likeness (QED) is 0.397. The van der Waals surface area contributed by atoms with Crippen molar-refractivity contribution in [2.45, 2.75) is 13.0 Å². The molecule has 2 aromatic carbocycles. The second kappa shape index (κ2) is 8.89. The Morgan fingerprint density at radius 2 is 1.84 bits per heavy atom. The van der Waals surface area contributed by atoms with Crippen LogP contribution >= 0.6 is 11.6 Å². The Bertz CT molecular complexity index is 737. The molecule has 0 saturated carbocycles. The molecule has 2 amide bonds. The monoisotopic (exact) mass is 362 g/mol. The van der Waals surface area contributed by atoms with E-state index < -0.39 is 4.92 Å². The van der Waals surface area contributed by atoms with Crippen LogP contribution in [-0.2, 0) is 0 Å². The number of nitro benzene ring substituents is 1. The molecule has 8 heteroatoms. The molecule has 2 aromatic rings. The van der Waals surface area contributed by atoms with Crippen molar-refractivity contribution in [3.05, 3.63) is 69.2 Å².